The number of ether oxygens (including phenoxy) is 2. The quantitative estimate of drug-likeness (QED) is 0.678. The second-order valence-corrected chi connectivity index (χ2v) is 6.78. The standard InChI is InChI=1S/C22H23N3O3/c1-2-27-20-10-6-5-9-19(20)22(26)25-13-11-17(12-14-25)28-21-18-8-4-3-7-16(18)15-23-24-21/h3-10,15,17H,2,11-14H2,1H3. The molecular formula is C22H23N3O3. The third kappa shape index (κ3) is 3.76. The molecule has 0 spiro atoms. The van der Waals surface area contributed by atoms with Crippen LogP contribution >= 0.6 is 0 Å². The number of aromatic nitrogens is 2. The first-order valence-electron chi connectivity index (χ1n) is 9.64. The Morgan fingerprint density at radius 3 is 2.68 bits per heavy atom. The Kier molecular flexibility index (Phi) is 5.37. The van der Waals surface area contributed by atoms with Gasteiger partial charge in [0.15, 0.2) is 0 Å². The fourth-order valence-electron chi connectivity index (χ4n) is 3.52. The molecule has 0 bridgehead atoms. The lowest BCUT2D eigenvalue weighted by Gasteiger charge is -2.32. The summed E-state index contributed by atoms with van der Waals surface area (Å²) in [7, 11) is 0. The molecule has 0 N–H and O–H groups in total. The van der Waals surface area contributed by atoms with Gasteiger partial charge in [-0.3, -0.25) is 4.79 Å². The van der Waals surface area contributed by atoms with E-state index in [-0.39, 0.29) is 12.0 Å². The molecule has 1 aromatic heterocycles. The smallest absolute Gasteiger partial charge is 0.257 e. The lowest BCUT2D eigenvalue weighted by Crippen LogP contribution is -2.42. The summed E-state index contributed by atoms with van der Waals surface area (Å²) in [6, 6.07) is 15.3. The predicted molar refractivity (Wildman–Crippen MR) is 107 cm³/mol. The average Bonchev–Trinajstić information content (AvgIpc) is 2.75. The van der Waals surface area contributed by atoms with E-state index in [1.54, 1.807) is 6.20 Å². The van der Waals surface area contributed by atoms with Gasteiger partial charge in [-0.15, -0.1) is 5.10 Å². The van der Waals surface area contributed by atoms with E-state index in [9.17, 15) is 4.79 Å². The zero-order valence-electron chi connectivity index (χ0n) is 15.9. The van der Waals surface area contributed by atoms with Crippen molar-refractivity contribution in [1.82, 2.24) is 15.1 Å². The van der Waals surface area contributed by atoms with E-state index in [1.807, 2.05) is 60.4 Å². The second kappa shape index (κ2) is 8.25. The number of carbonyl (C=O) groups is 1. The number of para-hydroxylation sites is 1. The Morgan fingerprint density at radius 1 is 1.11 bits per heavy atom. The fourth-order valence-corrected chi connectivity index (χ4v) is 3.52. The molecule has 0 atom stereocenters. The Bertz CT molecular complexity index is 963. The zero-order chi connectivity index (χ0) is 19.3. The van der Waals surface area contributed by atoms with E-state index < -0.39 is 0 Å². The number of likely N-dealkylation sites (tertiary alicyclic amines) is 1. The van der Waals surface area contributed by atoms with E-state index >= 15 is 0 Å². The summed E-state index contributed by atoms with van der Waals surface area (Å²) in [5, 5.41) is 10.2. The minimum atomic E-state index is 0.00690. The van der Waals surface area contributed by atoms with Crippen molar-refractivity contribution in [3.8, 4) is 11.6 Å². The van der Waals surface area contributed by atoms with Crippen LogP contribution in [-0.4, -0.2) is 46.8 Å². The molecule has 28 heavy (non-hydrogen) atoms. The van der Waals surface area contributed by atoms with Gasteiger partial charge >= 0.3 is 0 Å². The van der Waals surface area contributed by atoms with Crippen LogP contribution in [-0.2, 0) is 0 Å². The zero-order valence-corrected chi connectivity index (χ0v) is 15.9. The molecule has 4 rings (SSSR count). The second-order valence-electron chi connectivity index (χ2n) is 6.78. The lowest BCUT2D eigenvalue weighted by molar-refractivity contribution is 0.0585. The monoisotopic (exact) mass is 377 g/mol. The number of piperidine rings is 1. The van der Waals surface area contributed by atoms with E-state index in [4.69, 9.17) is 9.47 Å². The summed E-state index contributed by atoms with van der Waals surface area (Å²) >= 11 is 0. The van der Waals surface area contributed by atoms with Crippen LogP contribution in [0.15, 0.2) is 54.7 Å². The lowest BCUT2D eigenvalue weighted by atomic mass is 10.1. The van der Waals surface area contributed by atoms with Gasteiger partial charge < -0.3 is 14.4 Å². The Labute approximate surface area is 164 Å². The van der Waals surface area contributed by atoms with Crippen molar-refractivity contribution in [2.75, 3.05) is 19.7 Å². The Morgan fingerprint density at radius 2 is 1.86 bits per heavy atom. The summed E-state index contributed by atoms with van der Waals surface area (Å²) in [6.07, 6.45) is 3.27. The minimum Gasteiger partial charge on any atom is -0.493 e. The van der Waals surface area contributed by atoms with Gasteiger partial charge in [0.05, 0.1) is 18.4 Å². The molecule has 1 saturated heterocycles. The highest BCUT2D eigenvalue weighted by molar-refractivity contribution is 5.97. The molecule has 0 unspecified atom stereocenters. The van der Waals surface area contributed by atoms with Crippen LogP contribution in [0, 0.1) is 0 Å². The number of nitrogens with zero attached hydrogens (tertiary/aromatic N) is 3. The van der Waals surface area contributed by atoms with Crippen LogP contribution in [0.2, 0.25) is 0 Å². The highest BCUT2D eigenvalue weighted by Crippen LogP contribution is 2.26. The predicted octanol–water partition coefficient (Wildman–Crippen LogP) is 3.71. The van der Waals surface area contributed by atoms with Gasteiger partial charge in [0.1, 0.15) is 11.9 Å². The molecule has 6 heteroatoms. The van der Waals surface area contributed by atoms with E-state index in [2.05, 4.69) is 10.2 Å². The van der Waals surface area contributed by atoms with Crippen LogP contribution in [0.1, 0.15) is 30.1 Å². The summed E-state index contributed by atoms with van der Waals surface area (Å²) in [5.41, 5.74) is 0.614. The van der Waals surface area contributed by atoms with Crippen LogP contribution in [0.3, 0.4) is 0 Å². The molecule has 6 nitrogen and oxygen atoms in total. The van der Waals surface area contributed by atoms with Crippen molar-refractivity contribution < 1.29 is 14.3 Å². The Hall–Kier alpha value is -3.15. The van der Waals surface area contributed by atoms with Gasteiger partial charge in [-0.2, -0.15) is 5.10 Å². The maximum Gasteiger partial charge on any atom is 0.257 e. The number of hydrogen-bond donors (Lipinski definition) is 0. The van der Waals surface area contributed by atoms with E-state index in [0.717, 1.165) is 23.6 Å². The van der Waals surface area contributed by atoms with Gasteiger partial charge in [-0.05, 0) is 25.1 Å². The van der Waals surface area contributed by atoms with Gasteiger partial charge in [-0.1, -0.05) is 30.3 Å². The Balaban J connectivity index is 1.41. The maximum absolute atomic E-state index is 12.9. The van der Waals surface area contributed by atoms with Gasteiger partial charge in [0, 0.05) is 36.7 Å². The van der Waals surface area contributed by atoms with Crippen LogP contribution in [0.4, 0.5) is 0 Å². The van der Waals surface area contributed by atoms with Crippen LogP contribution in [0.25, 0.3) is 10.8 Å². The van der Waals surface area contributed by atoms with Crippen molar-refractivity contribution in [3.63, 3.8) is 0 Å². The first-order chi connectivity index (χ1) is 13.8. The number of carbonyl (C=O) groups excluding carboxylic acids is 1. The fraction of sp³-hybridized carbons (Fsp3) is 0.318. The van der Waals surface area contributed by atoms with Crippen molar-refractivity contribution in [2.45, 2.75) is 25.9 Å². The van der Waals surface area contributed by atoms with E-state index in [0.29, 0.717) is 36.9 Å². The highest BCUT2D eigenvalue weighted by Gasteiger charge is 2.27. The molecule has 144 valence electrons. The SMILES string of the molecule is CCOc1ccccc1C(=O)N1CCC(Oc2nncc3ccccc23)CC1. The summed E-state index contributed by atoms with van der Waals surface area (Å²) < 4.78 is 11.7. The first kappa shape index (κ1) is 18.2. The third-order valence-corrected chi connectivity index (χ3v) is 4.96. The molecule has 2 aromatic carbocycles. The largest absolute Gasteiger partial charge is 0.493 e. The average molecular weight is 377 g/mol. The molecular weight excluding hydrogens is 354 g/mol. The number of rotatable bonds is 5. The summed E-state index contributed by atoms with van der Waals surface area (Å²) in [4.78, 5) is 14.8. The molecule has 1 aliphatic heterocycles. The number of fused-ring (bicyclic) bond motifs is 1. The van der Waals surface area contributed by atoms with E-state index in [1.165, 1.54) is 0 Å². The van der Waals surface area contributed by atoms with Crippen molar-refractivity contribution >= 4 is 16.7 Å². The van der Waals surface area contributed by atoms with Gasteiger partial charge in [0.25, 0.3) is 5.91 Å². The third-order valence-electron chi connectivity index (χ3n) is 4.96. The van der Waals surface area contributed by atoms with Crippen molar-refractivity contribution in [2.24, 2.45) is 0 Å². The normalized spacial score (nSPS) is 14.8. The van der Waals surface area contributed by atoms with Crippen molar-refractivity contribution in [3.05, 3.63) is 60.3 Å². The summed E-state index contributed by atoms with van der Waals surface area (Å²) in [5.74, 6) is 1.21. The molecule has 2 heterocycles. The maximum atomic E-state index is 12.9. The molecule has 1 amide bonds. The topological polar surface area (TPSA) is 64.5 Å². The highest BCUT2D eigenvalue weighted by atomic mass is 16.5. The van der Waals surface area contributed by atoms with Crippen LogP contribution in [0.5, 0.6) is 11.6 Å². The minimum absolute atomic E-state index is 0.00690. The van der Waals surface area contributed by atoms with Gasteiger partial charge in [0.2, 0.25) is 5.88 Å². The number of hydrogen-bond acceptors (Lipinski definition) is 5. The molecule has 1 aliphatic rings. The summed E-state index contributed by atoms with van der Waals surface area (Å²) in [6.45, 7) is 3.73. The number of amides is 1. The molecule has 1 fully saturated rings. The van der Waals surface area contributed by atoms with Gasteiger partial charge in [-0.25, -0.2) is 0 Å². The van der Waals surface area contributed by atoms with Crippen LogP contribution < -0.4 is 9.47 Å². The molecule has 0 aliphatic carbocycles. The molecule has 3 aromatic rings. The molecule has 0 saturated carbocycles. The van der Waals surface area contributed by atoms with Crippen molar-refractivity contribution in [1.29, 1.82) is 0 Å². The molecule has 0 radical (unpaired) electrons. The number of benzene rings is 2. The first-order valence-corrected chi connectivity index (χ1v) is 9.64.